The Morgan fingerprint density at radius 2 is 1.73 bits per heavy atom. The van der Waals surface area contributed by atoms with Gasteiger partial charge in [-0.25, -0.2) is 0 Å². The molecule has 3 rings (SSSR count). The molecular formula is C22H24N2OS. The average Bonchev–Trinajstić information content (AvgIpc) is 2.58. The van der Waals surface area contributed by atoms with Gasteiger partial charge < -0.3 is 5.32 Å². The molecule has 0 aliphatic carbocycles. The molecule has 1 atom stereocenters. The lowest BCUT2D eigenvalue weighted by molar-refractivity contribution is -0.115. The monoisotopic (exact) mass is 364 g/mol. The van der Waals surface area contributed by atoms with Gasteiger partial charge in [0.15, 0.2) is 0 Å². The Bertz CT molecular complexity index is 958. The van der Waals surface area contributed by atoms with E-state index in [-0.39, 0.29) is 11.2 Å². The summed E-state index contributed by atoms with van der Waals surface area (Å²) >= 11 is 1.55. The first-order valence-electron chi connectivity index (χ1n) is 8.77. The lowest BCUT2D eigenvalue weighted by Crippen LogP contribution is -2.23. The Morgan fingerprint density at radius 1 is 1.04 bits per heavy atom. The molecule has 0 fully saturated rings. The van der Waals surface area contributed by atoms with Crippen molar-refractivity contribution in [1.82, 2.24) is 4.98 Å². The maximum atomic E-state index is 12.8. The van der Waals surface area contributed by atoms with E-state index >= 15 is 0 Å². The summed E-state index contributed by atoms with van der Waals surface area (Å²) < 4.78 is 0. The highest BCUT2D eigenvalue weighted by Crippen LogP contribution is 2.31. The van der Waals surface area contributed by atoms with Crippen LogP contribution >= 0.6 is 11.8 Å². The van der Waals surface area contributed by atoms with E-state index in [0.717, 1.165) is 38.3 Å². The van der Waals surface area contributed by atoms with Gasteiger partial charge in [0.05, 0.1) is 10.8 Å². The number of nitrogens with one attached hydrogen (secondary N) is 1. The molecule has 1 heterocycles. The molecule has 0 radical (unpaired) electrons. The maximum absolute atomic E-state index is 12.8. The predicted molar refractivity (Wildman–Crippen MR) is 111 cm³/mol. The third-order valence-electron chi connectivity index (χ3n) is 4.42. The molecular weight excluding hydrogens is 340 g/mol. The quantitative estimate of drug-likeness (QED) is 0.614. The Hall–Kier alpha value is -2.33. The summed E-state index contributed by atoms with van der Waals surface area (Å²) in [6.07, 6.45) is 0. The number of fused-ring (bicyclic) bond motifs is 1. The highest BCUT2D eigenvalue weighted by atomic mass is 32.2. The van der Waals surface area contributed by atoms with Crippen molar-refractivity contribution in [3.05, 3.63) is 64.8 Å². The summed E-state index contributed by atoms with van der Waals surface area (Å²) in [6.45, 7) is 10.1. The topological polar surface area (TPSA) is 42.0 Å². The van der Waals surface area contributed by atoms with Gasteiger partial charge >= 0.3 is 0 Å². The van der Waals surface area contributed by atoms with Crippen LogP contribution in [0.25, 0.3) is 10.9 Å². The number of hydrogen-bond acceptors (Lipinski definition) is 3. The minimum atomic E-state index is -0.219. The van der Waals surface area contributed by atoms with Crippen LogP contribution in [0.5, 0.6) is 0 Å². The number of rotatable bonds is 4. The predicted octanol–water partition coefficient (Wildman–Crippen LogP) is 5.59. The van der Waals surface area contributed by atoms with Gasteiger partial charge in [-0.3, -0.25) is 9.78 Å². The fourth-order valence-electron chi connectivity index (χ4n) is 3.16. The first-order valence-corrected chi connectivity index (χ1v) is 9.65. The Labute approximate surface area is 159 Å². The molecule has 134 valence electrons. The van der Waals surface area contributed by atoms with Crippen LogP contribution in [0.4, 0.5) is 5.69 Å². The molecule has 26 heavy (non-hydrogen) atoms. The van der Waals surface area contributed by atoms with Crippen molar-refractivity contribution in [3.8, 4) is 0 Å². The van der Waals surface area contributed by atoms with Crippen LogP contribution < -0.4 is 5.32 Å². The largest absolute Gasteiger partial charge is 0.325 e. The number of aryl methyl sites for hydroxylation is 4. The molecule has 2 aromatic carbocycles. The van der Waals surface area contributed by atoms with Crippen LogP contribution in [0.3, 0.4) is 0 Å². The molecule has 3 nitrogen and oxygen atoms in total. The normalized spacial score (nSPS) is 12.2. The minimum absolute atomic E-state index is 0.00899. The zero-order valence-electron chi connectivity index (χ0n) is 15.9. The van der Waals surface area contributed by atoms with Crippen molar-refractivity contribution in [2.75, 3.05) is 5.32 Å². The fraction of sp³-hybridized carbons (Fsp3) is 0.273. The van der Waals surface area contributed by atoms with Crippen LogP contribution in [0.2, 0.25) is 0 Å². The number of thioether (sulfide) groups is 1. The number of hydrogen-bond donors (Lipinski definition) is 1. The summed E-state index contributed by atoms with van der Waals surface area (Å²) in [6, 6.07) is 14.4. The van der Waals surface area contributed by atoms with E-state index in [1.807, 2.05) is 45.9 Å². The highest BCUT2D eigenvalue weighted by molar-refractivity contribution is 8.00. The zero-order valence-corrected chi connectivity index (χ0v) is 16.7. The van der Waals surface area contributed by atoms with Crippen molar-refractivity contribution in [1.29, 1.82) is 0 Å². The summed E-state index contributed by atoms with van der Waals surface area (Å²) in [5, 5.41) is 3.98. The number of benzene rings is 2. The third-order valence-corrected chi connectivity index (χ3v) is 5.57. The van der Waals surface area contributed by atoms with Crippen molar-refractivity contribution in [2.24, 2.45) is 0 Å². The number of para-hydroxylation sites is 1. The van der Waals surface area contributed by atoms with Crippen molar-refractivity contribution < 1.29 is 4.79 Å². The molecule has 0 unspecified atom stereocenters. The first-order chi connectivity index (χ1) is 12.3. The fourth-order valence-corrected chi connectivity index (χ4v) is 4.14. The highest BCUT2D eigenvalue weighted by Gasteiger charge is 2.18. The number of pyridine rings is 1. The van der Waals surface area contributed by atoms with E-state index in [1.165, 1.54) is 5.56 Å². The van der Waals surface area contributed by atoms with E-state index in [2.05, 4.69) is 41.5 Å². The van der Waals surface area contributed by atoms with Gasteiger partial charge in [-0.05, 0) is 57.9 Å². The van der Waals surface area contributed by atoms with E-state index < -0.39 is 0 Å². The maximum Gasteiger partial charge on any atom is 0.237 e. The van der Waals surface area contributed by atoms with Crippen molar-refractivity contribution >= 4 is 34.3 Å². The smallest absolute Gasteiger partial charge is 0.237 e. The van der Waals surface area contributed by atoms with E-state index in [1.54, 1.807) is 11.8 Å². The number of anilines is 1. The van der Waals surface area contributed by atoms with E-state index in [0.29, 0.717) is 0 Å². The van der Waals surface area contributed by atoms with Gasteiger partial charge in [0.2, 0.25) is 5.91 Å². The number of amides is 1. The van der Waals surface area contributed by atoms with Crippen molar-refractivity contribution in [2.45, 2.75) is 44.8 Å². The molecule has 0 bridgehead atoms. The molecule has 4 heteroatoms. The van der Waals surface area contributed by atoms with Crippen LogP contribution in [0, 0.1) is 27.7 Å². The van der Waals surface area contributed by atoms with Gasteiger partial charge in [0.25, 0.3) is 0 Å². The second kappa shape index (κ2) is 7.50. The Kier molecular flexibility index (Phi) is 5.33. The van der Waals surface area contributed by atoms with Crippen LogP contribution in [0.15, 0.2) is 47.4 Å². The van der Waals surface area contributed by atoms with Crippen LogP contribution in [-0.2, 0) is 4.79 Å². The summed E-state index contributed by atoms with van der Waals surface area (Å²) in [4.78, 5) is 18.4. The molecule has 1 aromatic heterocycles. The SMILES string of the molecule is Cc1cc(C)c(NC(=O)[C@@H](C)Sc2cccc3ccc(C)nc23)c(C)c1. The summed E-state index contributed by atoms with van der Waals surface area (Å²) in [5.74, 6) is 0.00899. The van der Waals surface area contributed by atoms with Gasteiger partial charge in [0, 0.05) is 21.7 Å². The van der Waals surface area contributed by atoms with Gasteiger partial charge in [0.1, 0.15) is 0 Å². The molecule has 0 aliphatic rings. The number of aromatic nitrogens is 1. The Morgan fingerprint density at radius 3 is 2.42 bits per heavy atom. The standard InChI is InChI=1S/C22H24N2OS/c1-13-11-14(2)20(15(3)12-13)24-22(25)17(5)26-19-8-6-7-18-10-9-16(4)23-21(18)19/h6-12,17H,1-5H3,(H,24,25)/t17-/m1/s1. The second-order valence-electron chi connectivity index (χ2n) is 6.80. The number of nitrogens with zero attached hydrogens (tertiary/aromatic N) is 1. The molecule has 0 aliphatic heterocycles. The van der Waals surface area contributed by atoms with E-state index in [9.17, 15) is 4.79 Å². The number of carbonyl (C=O) groups is 1. The molecule has 1 N–H and O–H groups in total. The molecule has 3 aromatic rings. The van der Waals surface area contributed by atoms with Crippen molar-refractivity contribution in [3.63, 3.8) is 0 Å². The van der Waals surface area contributed by atoms with Crippen LogP contribution in [-0.4, -0.2) is 16.1 Å². The minimum Gasteiger partial charge on any atom is -0.325 e. The molecule has 0 saturated carbocycles. The molecule has 0 spiro atoms. The lowest BCUT2D eigenvalue weighted by Gasteiger charge is -2.16. The third kappa shape index (κ3) is 3.91. The Balaban J connectivity index is 1.81. The average molecular weight is 365 g/mol. The van der Waals surface area contributed by atoms with E-state index in [4.69, 9.17) is 0 Å². The first kappa shape index (κ1) is 18.5. The lowest BCUT2D eigenvalue weighted by atomic mass is 10.1. The zero-order chi connectivity index (χ0) is 18.8. The molecule has 0 saturated heterocycles. The second-order valence-corrected chi connectivity index (χ2v) is 8.19. The summed E-state index contributed by atoms with van der Waals surface area (Å²) in [5.41, 5.74) is 6.25. The number of carbonyl (C=O) groups excluding carboxylic acids is 1. The van der Waals surface area contributed by atoms with Gasteiger partial charge in [-0.2, -0.15) is 0 Å². The van der Waals surface area contributed by atoms with Crippen LogP contribution in [0.1, 0.15) is 29.3 Å². The van der Waals surface area contributed by atoms with Gasteiger partial charge in [-0.15, -0.1) is 11.8 Å². The van der Waals surface area contributed by atoms with Gasteiger partial charge in [-0.1, -0.05) is 35.9 Å². The molecule has 1 amide bonds. The summed E-state index contributed by atoms with van der Waals surface area (Å²) in [7, 11) is 0.